The van der Waals surface area contributed by atoms with E-state index < -0.39 is 0 Å². The van der Waals surface area contributed by atoms with Gasteiger partial charge in [0.05, 0.1) is 44.7 Å². The maximum Gasteiger partial charge on any atom is 0.232 e. The van der Waals surface area contributed by atoms with E-state index in [9.17, 15) is 4.79 Å². The molecule has 0 saturated carbocycles. The highest BCUT2D eigenvalue weighted by Crippen LogP contribution is 2.44. The van der Waals surface area contributed by atoms with Gasteiger partial charge in [0.25, 0.3) is 0 Å². The molecule has 7 rings (SSSR count). The zero-order valence-corrected chi connectivity index (χ0v) is 20.1. The molecule has 4 heterocycles. The van der Waals surface area contributed by atoms with Crippen LogP contribution in [0.15, 0.2) is 78.9 Å². The van der Waals surface area contributed by atoms with Gasteiger partial charge >= 0.3 is 0 Å². The lowest BCUT2D eigenvalue weighted by Crippen LogP contribution is -2.67. The van der Waals surface area contributed by atoms with Gasteiger partial charge in [-0.1, -0.05) is 54.6 Å². The van der Waals surface area contributed by atoms with E-state index in [1.807, 2.05) is 78.9 Å². The van der Waals surface area contributed by atoms with Gasteiger partial charge in [0.1, 0.15) is 17.2 Å². The van der Waals surface area contributed by atoms with E-state index in [0.717, 1.165) is 59.0 Å². The highest BCUT2D eigenvalue weighted by molar-refractivity contribution is 5.89. The van der Waals surface area contributed by atoms with Gasteiger partial charge < -0.3 is 19.3 Å². The first-order chi connectivity index (χ1) is 17.2. The Kier molecular flexibility index (Phi) is 5.95. The summed E-state index contributed by atoms with van der Waals surface area (Å²) in [7, 11) is 0. The smallest absolute Gasteiger partial charge is 0.232 e. The summed E-state index contributed by atoms with van der Waals surface area (Å²) < 4.78 is 13.1. The fourth-order valence-electron chi connectivity index (χ4n) is 6.33. The van der Waals surface area contributed by atoms with Crippen LogP contribution in [-0.2, 0) is 4.79 Å². The van der Waals surface area contributed by atoms with Gasteiger partial charge in [0.15, 0.2) is 0 Å². The van der Waals surface area contributed by atoms with Crippen molar-refractivity contribution in [2.45, 2.75) is 31.2 Å². The van der Waals surface area contributed by atoms with Crippen LogP contribution in [0.1, 0.15) is 36.3 Å². The third-order valence-electron chi connectivity index (χ3n) is 8.16. The van der Waals surface area contributed by atoms with Crippen LogP contribution in [0, 0.1) is 5.92 Å². The van der Waals surface area contributed by atoms with Crippen LogP contribution in [0.3, 0.4) is 0 Å². The molecule has 5 heteroatoms. The molecule has 0 aliphatic carbocycles. The Morgan fingerprint density at radius 1 is 0.886 bits per heavy atom. The molecule has 2 bridgehead atoms. The average molecular weight is 470 g/mol. The van der Waals surface area contributed by atoms with Crippen LogP contribution >= 0.6 is 0 Å². The minimum atomic E-state index is -0.334. The largest absolute Gasteiger partial charge is 0.493 e. The molecule has 0 unspecified atom stereocenters. The van der Waals surface area contributed by atoms with Crippen molar-refractivity contribution in [1.29, 1.82) is 0 Å². The van der Waals surface area contributed by atoms with Gasteiger partial charge in [-0.05, 0) is 30.2 Å². The molecule has 3 fully saturated rings. The summed E-state index contributed by atoms with van der Waals surface area (Å²) >= 11 is 0. The van der Waals surface area contributed by atoms with Gasteiger partial charge in [0, 0.05) is 30.4 Å². The number of nitrogens with zero attached hydrogens (tertiary/aromatic N) is 1. The van der Waals surface area contributed by atoms with Crippen molar-refractivity contribution in [2.24, 2.45) is 5.92 Å². The fraction of sp³-hybridized carbons (Fsp3) is 0.367. The molecule has 0 aromatic heterocycles. The van der Waals surface area contributed by atoms with Crippen LogP contribution in [0.5, 0.6) is 17.2 Å². The molecule has 3 aromatic rings. The Morgan fingerprint density at radius 3 is 2.20 bits per heavy atom. The molecule has 4 aliphatic heterocycles. The van der Waals surface area contributed by atoms with Crippen molar-refractivity contribution >= 4 is 5.91 Å². The molecule has 1 atom stereocenters. The van der Waals surface area contributed by atoms with Gasteiger partial charge in [-0.25, -0.2) is 0 Å². The van der Waals surface area contributed by atoms with E-state index >= 15 is 0 Å². The molecule has 1 N–H and O–H groups in total. The Bertz CT molecular complexity index is 1140. The average Bonchev–Trinajstić information content (AvgIpc) is 2.91. The number of hydrogen-bond donors (Lipinski definition) is 1. The number of quaternary nitrogens is 1. The molecule has 3 aromatic carbocycles. The predicted molar refractivity (Wildman–Crippen MR) is 136 cm³/mol. The van der Waals surface area contributed by atoms with Gasteiger partial charge in [-0.3, -0.25) is 4.79 Å². The summed E-state index contributed by atoms with van der Waals surface area (Å²) in [5, 5.41) is 3.50. The number of benzene rings is 3. The lowest BCUT2D eigenvalue weighted by atomic mass is 9.80. The fourth-order valence-corrected chi connectivity index (χ4v) is 6.33. The Hall–Kier alpha value is -3.31. The molecule has 0 spiro atoms. The van der Waals surface area contributed by atoms with Crippen LogP contribution < -0.4 is 14.8 Å². The number of hydrogen-bond acceptors (Lipinski definition) is 3. The number of carbonyl (C=O) groups excluding carboxylic acids is 1. The highest BCUT2D eigenvalue weighted by atomic mass is 16.5. The van der Waals surface area contributed by atoms with Crippen LogP contribution in [0.2, 0.25) is 0 Å². The Morgan fingerprint density at radius 2 is 1.51 bits per heavy atom. The van der Waals surface area contributed by atoms with Gasteiger partial charge in [-0.15, -0.1) is 0 Å². The molecular formula is C30H33N2O3+. The Balaban J connectivity index is 1.14. The van der Waals surface area contributed by atoms with Crippen molar-refractivity contribution in [1.82, 2.24) is 5.32 Å². The van der Waals surface area contributed by atoms with Crippen LogP contribution in [-0.4, -0.2) is 49.2 Å². The van der Waals surface area contributed by atoms with E-state index in [1.54, 1.807) is 0 Å². The molecule has 1 amide bonds. The zero-order chi connectivity index (χ0) is 23.7. The predicted octanol–water partition coefficient (Wildman–Crippen LogP) is 5.12. The third kappa shape index (κ3) is 4.41. The molecule has 35 heavy (non-hydrogen) atoms. The number of carbonyl (C=O) groups is 1. The van der Waals surface area contributed by atoms with E-state index in [4.69, 9.17) is 9.47 Å². The van der Waals surface area contributed by atoms with Crippen LogP contribution in [0.4, 0.5) is 0 Å². The zero-order valence-electron chi connectivity index (χ0n) is 20.1. The number of piperidine rings is 3. The van der Waals surface area contributed by atoms with Crippen molar-refractivity contribution in [2.75, 3.05) is 32.8 Å². The SMILES string of the molecule is O=C(N[C@@H]1C[N+]2(CCCOc3ccccc3)CCC1CC2)C1c2ccccc2Oc2ccccc21. The van der Waals surface area contributed by atoms with Crippen molar-refractivity contribution in [3.05, 3.63) is 90.0 Å². The second-order valence-corrected chi connectivity index (χ2v) is 10.3. The summed E-state index contributed by atoms with van der Waals surface area (Å²) in [6.07, 6.45) is 3.40. The maximum atomic E-state index is 13.8. The number of nitrogens with one attached hydrogen (secondary N) is 1. The lowest BCUT2D eigenvalue weighted by molar-refractivity contribution is -0.944. The van der Waals surface area contributed by atoms with E-state index in [1.165, 1.54) is 25.9 Å². The number of fused-ring (bicyclic) bond motifs is 5. The highest BCUT2D eigenvalue weighted by Gasteiger charge is 2.47. The van der Waals surface area contributed by atoms with Crippen molar-refractivity contribution in [3.63, 3.8) is 0 Å². The first kappa shape index (κ1) is 22.2. The number of amides is 1. The second-order valence-electron chi connectivity index (χ2n) is 10.3. The summed E-state index contributed by atoms with van der Waals surface area (Å²) in [5.74, 6) is 2.83. The number of rotatable bonds is 7. The number of para-hydroxylation sites is 3. The molecule has 180 valence electrons. The summed E-state index contributed by atoms with van der Waals surface area (Å²) in [4.78, 5) is 13.8. The van der Waals surface area contributed by atoms with Gasteiger partial charge in [-0.2, -0.15) is 0 Å². The first-order valence-electron chi connectivity index (χ1n) is 12.9. The van der Waals surface area contributed by atoms with Crippen molar-refractivity contribution < 1.29 is 18.8 Å². The lowest BCUT2D eigenvalue weighted by Gasteiger charge is -2.53. The topological polar surface area (TPSA) is 47.6 Å². The first-order valence-corrected chi connectivity index (χ1v) is 12.9. The van der Waals surface area contributed by atoms with Crippen molar-refractivity contribution in [3.8, 4) is 17.2 Å². The normalized spacial score (nSPS) is 24.7. The monoisotopic (exact) mass is 469 g/mol. The van der Waals surface area contributed by atoms with E-state index in [0.29, 0.717) is 5.92 Å². The number of ether oxygens (including phenoxy) is 2. The molecular weight excluding hydrogens is 436 g/mol. The standard InChI is InChI=1S/C30H32N2O3/c33-30(29-24-11-4-6-13-27(24)35-28-14-7-5-12-25(28)29)31-26-21-32(18-15-22(26)16-19-32)17-8-20-34-23-9-2-1-3-10-23/h1-7,9-14,22,26,29H,8,15-21H2/p+1/t22?,26-,32?/m1/s1. The molecule has 4 aliphatic rings. The Labute approximate surface area is 207 Å². The molecule has 0 radical (unpaired) electrons. The molecule has 5 nitrogen and oxygen atoms in total. The maximum absolute atomic E-state index is 13.8. The summed E-state index contributed by atoms with van der Waals surface area (Å²) in [6, 6.07) is 26.1. The van der Waals surface area contributed by atoms with E-state index in [-0.39, 0.29) is 17.9 Å². The minimum Gasteiger partial charge on any atom is -0.493 e. The summed E-state index contributed by atoms with van der Waals surface area (Å²) in [6.45, 7) is 5.29. The third-order valence-corrected chi connectivity index (χ3v) is 8.16. The molecule has 3 saturated heterocycles. The van der Waals surface area contributed by atoms with E-state index in [2.05, 4.69) is 5.32 Å². The van der Waals surface area contributed by atoms with Crippen LogP contribution in [0.25, 0.3) is 0 Å². The van der Waals surface area contributed by atoms with Gasteiger partial charge in [0.2, 0.25) is 5.91 Å². The second kappa shape index (κ2) is 9.38. The summed E-state index contributed by atoms with van der Waals surface area (Å²) in [5.41, 5.74) is 1.90. The minimum absolute atomic E-state index is 0.0949. The quantitative estimate of drug-likeness (QED) is 0.386.